The highest BCUT2D eigenvalue weighted by Crippen LogP contribution is 2.33. The third-order valence-corrected chi connectivity index (χ3v) is 5.30. The van der Waals surface area contributed by atoms with Crippen molar-refractivity contribution in [3.8, 4) is 22.6 Å². The van der Waals surface area contributed by atoms with Crippen LogP contribution in [0.2, 0.25) is 0 Å². The molecule has 7 nitrogen and oxygen atoms in total. The highest BCUT2D eigenvalue weighted by Gasteiger charge is 2.31. The number of hydrogen-bond acceptors (Lipinski definition) is 7. The highest BCUT2D eigenvalue weighted by atomic mass is 19.1. The quantitative estimate of drug-likeness (QED) is 0.498. The Balaban J connectivity index is 1.34. The van der Waals surface area contributed by atoms with Crippen molar-refractivity contribution in [3.63, 3.8) is 0 Å². The van der Waals surface area contributed by atoms with Crippen molar-refractivity contribution in [3.05, 3.63) is 78.6 Å². The first-order valence-corrected chi connectivity index (χ1v) is 9.81. The number of hydrogen-bond donors (Lipinski definition) is 0. The molecule has 4 aromatic rings. The molecule has 1 atom stereocenters. The van der Waals surface area contributed by atoms with Crippen LogP contribution in [0.3, 0.4) is 0 Å². The van der Waals surface area contributed by atoms with E-state index in [0.717, 1.165) is 36.2 Å². The first-order valence-electron chi connectivity index (χ1n) is 9.81. The molecule has 0 radical (unpaired) electrons. The highest BCUT2D eigenvalue weighted by molar-refractivity contribution is 5.61. The monoisotopic (exact) mass is 402 g/mol. The summed E-state index contributed by atoms with van der Waals surface area (Å²) in [6.45, 7) is 1.39. The second kappa shape index (κ2) is 8.08. The fourth-order valence-electron chi connectivity index (χ4n) is 3.76. The van der Waals surface area contributed by atoms with Gasteiger partial charge < -0.3 is 4.52 Å². The minimum Gasteiger partial charge on any atom is -0.337 e. The van der Waals surface area contributed by atoms with E-state index in [2.05, 4.69) is 30.0 Å². The normalized spacial score (nSPS) is 16.8. The summed E-state index contributed by atoms with van der Waals surface area (Å²) in [7, 11) is 0. The molecule has 1 aliphatic heterocycles. The van der Waals surface area contributed by atoms with Crippen molar-refractivity contribution in [1.29, 1.82) is 0 Å². The van der Waals surface area contributed by atoms with Crippen LogP contribution < -0.4 is 0 Å². The summed E-state index contributed by atoms with van der Waals surface area (Å²) in [5.41, 5.74) is 3.06. The van der Waals surface area contributed by atoms with Crippen molar-refractivity contribution >= 4 is 0 Å². The van der Waals surface area contributed by atoms with Crippen LogP contribution in [-0.2, 0) is 6.54 Å². The molecule has 30 heavy (non-hydrogen) atoms. The predicted octanol–water partition coefficient (Wildman–Crippen LogP) is 4.06. The zero-order valence-corrected chi connectivity index (χ0v) is 16.1. The van der Waals surface area contributed by atoms with Gasteiger partial charge in [0, 0.05) is 41.8 Å². The van der Waals surface area contributed by atoms with E-state index >= 15 is 0 Å². The van der Waals surface area contributed by atoms with E-state index in [-0.39, 0.29) is 11.9 Å². The zero-order valence-electron chi connectivity index (χ0n) is 16.1. The van der Waals surface area contributed by atoms with Crippen LogP contribution in [0, 0.1) is 5.82 Å². The van der Waals surface area contributed by atoms with E-state index in [4.69, 9.17) is 4.52 Å². The molecule has 1 aromatic carbocycles. The third-order valence-electron chi connectivity index (χ3n) is 5.30. The number of halogens is 1. The predicted molar refractivity (Wildman–Crippen MR) is 107 cm³/mol. The molecule has 5 rings (SSSR count). The SMILES string of the molecule is Fc1ccccc1CN1CCCC1c1nc(-c2ccc(-c3cncnc3)nc2)no1. The largest absolute Gasteiger partial charge is 0.337 e. The minimum atomic E-state index is -0.190. The number of aromatic nitrogens is 5. The van der Waals surface area contributed by atoms with Crippen molar-refractivity contribution in [2.24, 2.45) is 0 Å². The van der Waals surface area contributed by atoms with Gasteiger partial charge in [-0.05, 0) is 37.6 Å². The molecule has 1 saturated heterocycles. The lowest BCUT2D eigenvalue weighted by atomic mass is 10.1. The van der Waals surface area contributed by atoms with Crippen LogP contribution >= 0.6 is 0 Å². The molecule has 0 saturated carbocycles. The van der Waals surface area contributed by atoms with Crippen LogP contribution in [0.1, 0.15) is 30.3 Å². The minimum absolute atomic E-state index is 0.0143. The first kappa shape index (κ1) is 18.5. The van der Waals surface area contributed by atoms with Crippen LogP contribution in [0.15, 0.2) is 65.8 Å². The summed E-state index contributed by atoms with van der Waals surface area (Å²) in [6, 6.07) is 10.6. The third kappa shape index (κ3) is 3.69. The Morgan fingerprint density at radius 1 is 1.03 bits per heavy atom. The molecular formula is C22H19FN6O. The molecule has 8 heteroatoms. The summed E-state index contributed by atoms with van der Waals surface area (Å²) in [6.07, 6.45) is 8.53. The molecule has 0 spiro atoms. The molecule has 0 bridgehead atoms. The average Bonchev–Trinajstić information content (AvgIpc) is 3.46. The van der Waals surface area contributed by atoms with E-state index < -0.39 is 0 Å². The lowest BCUT2D eigenvalue weighted by Gasteiger charge is -2.21. The van der Waals surface area contributed by atoms with Crippen molar-refractivity contribution in [2.75, 3.05) is 6.54 Å². The first-order chi connectivity index (χ1) is 14.8. The Bertz CT molecular complexity index is 1130. The van der Waals surface area contributed by atoms with Crippen LogP contribution in [0.25, 0.3) is 22.6 Å². The number of pyridine rings is 1. The Hall–Kier alpha value is -3.52. The maximum absolute atomic E-state index is 14.1. The van der Waals surface area contributed by atoms with E-state index in [1.165, 1.54) is 12.4 Å². The van der Waals surface area contributed by atoms with Gasteiger partial charge in [0.05, 0.1) is 11.7 Å². The molecular weight excluding hydrogens is 383 g/mol. The maximum Gasteiger partial charge on any atom is 0.244 e. The summed E-state index contributed by atoms with van der Waals surface area (Å²) in [5.74, 6) is 0.856. The van der Waals surface area contributed by atoms with Gasteiger partial charge in [0.2, 0.25) is 11.7 Å². The standard InChI is InChI=1S/C22H19FN6O/c23-18-5-2-1-4-16(18)13-29-9-3-6-20(29)22-27-21(28-30-22)15-7-8-19(26-12-15)17-10-24-14-25-11-17/h1-2,4-5,7-8,10-12,14,20H,3,6,9,13H2. The van der Waals surface area contributed by atoms with Crippen molar-refractivity contribution in [2.45, 2.75) is 25.4 Å². The second-order valence-electron chi connectivity index (χ2n) is 7.24. The van der Waals surface area contributed by atoms with Crippen LogP contribution in [0.4, 0.5) is 4.39 Å². The molecule has 0 amide bonds. The molecule has 1 unspecified atom stereocenters. The fourth-order valence-corrected chi connectivity index (χ4v) is 3.76. The number of likely N-dealkylation sites (tertiary alicyclic amines) is 1. The topological polar surface area (TPSA) is 80.8 Å². The van der Waals surface area contributed by atoms with Crippen molar-refractivity contribution in [1.82, 2.24) is 30.0 Å². The van der Waals surface area contributed by atoms with E-state index in [9.17, 15) is 4.39 Å². The van der Waals surface area contributed by atoms with E-state index in [1.54, 1.807) is 24.7 Å². The van der Waals surface area contributed by atoms with Gasteiger partial charge in [-0.15, -0.1) is 0 Å². The molecule has 3 aromatic heterocycles. The fraction of sp³-hybridized carbons (Fsp3) is 0.227. The second-order valence-corrected chi connectivity index (χ2v) is 7.24. The van der Waals surface area contributed by atoms with Gasteiger partial charge >= 0.3 is 0 Å². The van der Waals surface area contributed by atoms with Gasteiger partial charge in [0.25, 0.3) is 0 Å². The number of benzene rings is 1. The van der Waals surface area contributed by atoms with Crippen LogP contribution in [0.5, 0.6) is 0 Å². The van der Waals surface area contributed by atoms with Crippen molar-refractivity contribution < 1.29 is 8.91 Å². The van der Waals surface area contributed by atoms with Gasteiger partial charge in [-0.3, -0.25) is 9.88 Å². The smallest absolute Gasteiger partial charge is 0.244 e. The summed E-state index contributed by atoms with van der Waals surface area (Å²) < 4.78 is 19.6. The maximum atomic E-state index is 14.1. The van der Waals surface area contributed by atoms with Gasteiger partial charge in [-0.25, -0.2) is 14.4 Å². The average molecular weight is 402 g/mol. The van der Waals surface area contributed by atoms with Gasteiger partial charge in [-0.2, -0.15) is 4.98 Å². The summed E-state index contributed by atoms with van der Waals surface area (Å²) in [5, 5.41) is 4.14. The number of rotatable bonds is 5. The van der Waals surface area contributed by atoms with Gasteiger partial charge in [0.15, 0.2) is 0 Å². The van der Waals surface area contributed by atoms with Gasteiger partial charge in [0.1, 0.15) is 12.1 Å². The Morgan fingerprint density at radius 3 is 2.70 bits per heavy atom. The lowest BCUT2D eigenvalue weighted by molar-refractivity contribution is 0.199. The van der Waals surface area contributed by atoms with Gasteiger partial charge in [-0.1, -0.05) is 23.4 Å². The zero-order chi connectivity index (χ0) is 20.3. The molecule has 1 aliphatic rings. The Morgan fingerprint density at radius 2 is 1.90 bits per heavy atom. The van der Waals surface area contributed by atoms with Crippen LogP contribution in [-0.4, -0.2) is 36.5 Å². The summed E-state index contributed by atoms with van der Waals surface area (Å²) in [4.78, 5) is 19.3. The Labute approximate surface area is 172 Å². The summed E-state index contributed by atoms with van der Waals surface area (Å²) >= 11 is 0. The van der Waals surface area contributed by atoms with E-state index in [1.807, 2.05) is 24.3 Å². The van der Waals surface area contributed by atoms with E-state index in [0.29, 0.717) is 23.8 Å². The molecule has 4 heterocycles. The lowest BCUT2D eigenvalue weighted by Crippen LogP contribution is -2.23. The molecule has 0 aliphatic carbocycles. The Kier molecular flexibility index (Phi) is 4.98. The number of nitrogens with zero attached hydrogens (tertiary/aromatic N) is 6. The molecule has 0 N–H and O–H groups in total. The molecule has 150 valence electrons. The molecule has 1 fully saturated rings.